The molecule has 14 heavy (non-hydrogen) atoms. The zero-order chi connectivity index (χ0) is 10.1. The van der Waals surface area contributed by atoms with Crippen molar-refractivity contribution in [2.75, 3.05) is 6.54 Å². The largest absolute Gasteiger partial charge is 0.321 e. The van der Waals surface area contributed by atoms with Crippen LogP contribution in [-0.4, -0.2) is 27.0 Å². The lowest BCUT2D eigenvalue weighted by Crippen LogP contribution is -2.26. The van der Waals surface area contributed by atoms with Crippen LogP contribution in [-0.2, 0) is 13.6 Å². The quantitative estimate of drug-likeness (QED) is 0.764. The monoisotopic (exact) mass is 213 g/mol. The third-order valence-corrected chi connectivity index (χ3v) is 3.19. The molecule has 0 N–H and O–H groups in total. The van der Waals surface area contributed by atoms with E-state index >= 15 is 0 Å². The van der Waals surface area contributed by atoms with E-state index in [2.05, 4.69) is 16.8 Å². The number of rotatable bonds is 4. The zero-order valence-corrected chi connectivity index (χ0v) is 9.46. The summed E-state index contributed by atoms with van der Waals surface area (Å²) in [6.45, 7) is 4.21. The molecule has 1 aromatic rings. The van der Waals surface area contributed by atoms with Gasteiger partial charge in [-0.2, -0.15) is 0 Å². The van der Waals surface area contributed by atoms with Gasteiger partial charge in [0.15, 0.2) is 0 Å². The van der Waals surface area contributed by atoms with Crippen LogP contribution in [0.15, 0.2) is 6.20 Å². The summed E-state index contributed by atoms with van der Waals surface area (Å²) in [6, 6.07) is 0.787. The van der Waals surface area contributed by atoms with Crippen LogP contribution >= 0.6 is 11.6 Å². The Balaban J connectivity index is 2.04. The average molecular weight is 214 g/mol. The average Bonchev–Trinajstić information content (AvgIpc) is 2.96. The predicted octanol–water partition coefficient (Wildman–Crippen LogP) is 2.06. The van der Waals surface area contributed by atoms with Crippen LogP contribution in [0.4, 0.5) is 0 Å². The second kappa shape index (κ2) is 3.91. The van der Waals surface area contributed by atoms with Gasteiger partial charge in [0.1, 0.15) is 11.0 Å². The number of aromatic nitrogens is 2. The Morgan fingerprint density at radius 2 is 2.36 bits per heavy atom. The van der Waals surface area contributed by atoms with Gasteiger partial charge in [-0.3, -0.25) is 4.90 Å². The highest BCUT2D eigenvalue weighted by molar-refractivity contribution is 6.29. The summed E-state index contributed by atoms with van der Waals surface area (Å²) in [7, 11) is 1.96. The smallest absolute Gasteiger partial charge is 0.128 e. The highest BCUT2D eigenvalue weighted by atomic mass is 35.5. The summed E-state index contributed by atoms with van der Waals surface area (Å²) in [5.74, 6) is 1.06. The maximum absolute atomic E-state index is 5.93. The van der Waals surface area contributed by atoms with Gasteiger partial charge in [-0.15, -0.1) is 0 Å². The fourth-order valence-electron chi connectivity index (χ4n) is 1.69. The Morgan fingerprint density at radius 1 is 1.64 bits per heavy atom. The molecule has 0 bridgehead atoms. The number of halogens is 1. The minimum Gasteiger partial charge on any atom is -0.321 e. The van der Waals surface area contributed by atoms with Crippen LogP contribution in [0.2, 0.25) is 5.15 Å². The van der Waals surface area contributed by atoms with E-state index in [0.29, 0.717) is 5.15 Å². The van der Waals surface area contributed by atoms with Gasteiger partial charge in [0, 0.05) is 13.1 Å². The molecule has 0 aliphatic heterocycles. The van der Waals surface area contributed by atoms with Gasteiger partial charge < -0.3 is 4.57 Å². The number of hydrogen-bond donors (Lipinski definition) is 0. The first-order chi connectivity index (χ1) is 6.72. The van der Waals surface area contributed by atoms with Crippen LogP contribution in [0.25, 0.3) is 0 Å². The molecule has 1 aliphatic rings. The standard InChI is InChI=1S/C10H16ClN3/c1-3-14(8-4-5-8)7-10-12-6-9(11)13(10)2/h6,8H,3-5,7H2,1-2H3. The molecule has 1 aliphatic carbocycles. The van der Waals surface area contributed by atoms with Crippen LogP contribution in [0, 0.1) is 0 Å². The first-order valence-electron chi connectivity index (χ1n) is 5.12. The maximum Gasteiger partial charge on any atom is 0.128 e. The van der Waals surface area contributed by atoms with Crippen LogP contribution in [0.1, 0.15) is 25.6 Å². The Bertz CT molecular complexity index is 317. The lowest BCUT2D eigenvalue weighted by Gasteiger charge is -2.19. The van der Waals surface area contributed by atoms with Gasteiger partial charge >= 0.3 is 0 Å². The summed E-state index contributed by atoms with van der Waals surface area (Å²) in [5.41, 5.74) is 0. The third kappa shape index (κ3) is 1.93. The van der Waals surface area contributed by atoms with Crippen molar-refractivity contribution < 1.29 is 0 Å². The van der Waals surface area contributed by atoms with E-state index in [9.17, 15) is 0 Å². The summed E-state index contributed by atoms with van der Waals surface area (Å²) < 4.78 is 1.95. The second-order valence-electron chi connectivity index (χ2n) is 3.85. The minimum atomic E-state index is 0.715. The molecule has 0 saturated heterocycles. The third-order valence-electron chi connectivity index (χ3n) is 2.84. The van der Waals surface area contributed by atoms with E-state index in [4.69, 9.17) is 11.6 Å². The fourth-order valence-corrected chi connectivity index (χ4v) is 1.84. The number of nitrogens with zero attached hydrogens (tertiary/aromatic N) is 3. The fraction of sp³-hybridized carbons (Fsp3) is 0.700. The SMILES string of the molecule is CCN(Cc1ncc(Cl)n1C)C1CC1. The molecule has 1 heterocycles. The van der Waals surface area contributed by atoms with E-state index in [1.807, 2.05) is 11.6 Å². The van der Waals surface area contributed by atoms with Crippen molar-refractivity contribution in [3.63, 3.8) is 0 Å². The van der Waals surface area contributed by atoms with Gasteiger partial charge in [-0.1, -0.05) is 18.5 Å². The molecule has 0 aromatic carbocycles. The molecule has 1 aromatic heterocycles. The Morgan fingerprint density at radius 3 is 2.79 bits per heavy atom. The molecule has 0 atom stereocenters. The number of imidazole rings is 1. The molecule has 1 saturated carbocycles. The molecule has 0 unspecified atom stereocenters. The Labute approximate surface area is 89.7 Å². The molecule has 0 radical (unpaired) electrons. The van der Waals surface area contributed by atoms with E-state index in [0.717, 1.165) is 25.0 Å². The van der Waals surface area contributed by atoms with E-state index in [1.54, 1.807) is 6.20 Å². The topological polar surface area (TPSA) is 21.1 Å². The van der Waals surface area contributed by atoms with Crippen LogP contribution in [0.3, 0.4) is 0 Å². The summed E-state index contributed by atoms with van der Waals surface area (Å²) in [4.78, 5) is 6.76. The van der Waals surface area contributed by atoms with Gasteiger partial charge in [0.05, 0.1) is 12.7 Å². The molecule has 78 valence electrons. The maximum atomic E-state index is 5.93. The van der Waals surface area contributed by atoms with Crippen molar-refractivity contribution in [3.05, 3.63) is 17.2 Å². The highest BCUT2D eigenvalue weighted by Gasteiger charge is 2.28. The van der Waals surface area contributed by atoms with Gasteiger partial charge in [-0.05, 0) is 19.4 Å². The van der Waals surface area contributed by atoms with Crippen molar-refractivity contribution in [1.82, 2.24) is 14.5 Å². The molecule has 2 rings (SSSR count). The van der Waals surface area contributed by atoms with Crippen molar-refractivity contribution >= 4 is 11.6 Å². The van der Waals surface area contributed by atoms with E-state index in [1.165, 1.54) is 12.8 Å². The molecular weight excluding hydrogens is 198 g/mol. The Kier molecular flexibility index (Phi) is 2.79. The predicted molar refractivity (Wildman–Crippen MR) is 57.3 cm³/mol. The minimum absolute atomic E-state index is 0.715. The zero-order valence-electron chi connectivity index (χ0n) is 8.70. The van der Waals surface area contributed by atoms with Gasteiger partial charge in [-0.25, -0.2) is 4.98 Å². The number of hydrogen-bond acceptors (Lipinski definition) is 2. The lowest BCUT2D eigenvalue weighted by molar-refractivity contribution is 0.260. The molecule has 1 fully saturated rings. The second-order valence-corrected chi connectivity index (χ2v) is 4.24. The van der Waals surface area contributed by atoms with Crippen molar-refractivity contribution in [1.29, 1.82) is 0 Å². The highest BCUT2D eigenvalue weighted by Crippen LogP contribution is 2.27. The molecule has 0 spiro atoms. The van der Waals surface area contributed by atoms with Crippen LogP contribution < -0.4 is 0 Å². The van der Waals surface area contributed by atoms with Crippen molar-refractivity contribution in [2.45, 2.75) is 32.4 Å². The Hall–Kier alpha value is -0.540. The molecule has 3 nitrogen and oxygen atoms in total. The van der Waals surface area contributed by atoms with Crippen molar-refractivity contribution in [3.8, 4) is 0 Å². The summed E-state index contributed by atoms with van der Waals surface area (Å²) in [6.07, 6.45) is 4.40. The first kappa shape index (κ1) is 9.99. The summed E-state index contributed by atoms with van der Waals surface area (Å²) in [5, 5.41) is 0.715. The van der Waals surface area contributed by atoms with Gasteiger partial charge in [0.25, 0.3) is 0 Å². The van der Waals surface area contributed by atoms with Crippen molar-refractivity contribution in [2.24, 2.45) is 7.05 Å². The van der Waals surface area contributed by atoms with E-state index < -0.39 is 0 Å². The molecule has 4 heteroatoms. The normalized spacial score (nSPS) is 16.6. The van der Waals surface area contributed by atoms with Crippen LogP contribution in [0.5, 0.6) is 0 Å². The lowest BCUT2D eigenvalue weighted by atomic mass is 10.4. The van der Waals surface area contributed by atoms with E-state index in [-0.39, 0.29) is 0 Å². The summed E-state index contributed by atoms with van der Waals surface area (Å²) >= 11 is 5.93. The van der Waals surface area contributed by atoms with Gasteiger partial charge in [0.2, 0.25) is 0 Å². The molecular formula is C10H16ClN3. The first-order valence-corrected chi connectivity index (χ1v) is 5.50. The molecule has 0 amide bonds.